The molecule has 0 amide bonds. The van der Waals surface area contributed by atoms with Crippen LogP contribution in [0.4, 0.5) is 4.39 Å². The van der Waals surface area contributed by atoms with Gasteiger partial charge in [-0.2, -0.15) is 11.8 Å². The van der Waals surface area contributed by atoms with Gasteiger partial charge in [-0.1, -0.05) is 12.2 Å². The van der Waals surface area contributed by atoms with Crippen molar-refractivity contribution in [2.24, 2.45) is 29.6 Å². The molecule has 2 aliphatic heterocycles. The Kier molecular flexibility index (Phi) is 7.41. The van der Waals surface area contributed by atoms with Gasteiger partial charge in [-0.05, 0) is 87.4 Å². The Hall–Kier alpha value is -0.630. The second-order valence-electron chi connectivity index (χ2n) is 11.5. The molecule has 0 aromatic carbocycles. The van der Waals surface area contributed by atoms with Crippen LogP contribution in [0, 0.1) is 29.6 Å². The molecule has 5 nitrogen and oxygen atoms in total. The van der Waals surface area contributed by atoms with Crippen LogP contribution in [0.3, 0.4) is 0 Å². The van der Waals surface area contributed by atoms with E-state index in [0.717, 1.165) is 24.0 Å². The first-order chi connectivity index (χ1) is 15.9. The molecule has 7 heteroatoms. The summed E-state index contributed by atoms with van der Waals surface area (Å²) in [5.41, 5.74) is 0. The Morgan fingerprint density at radius 3 is 2.33 bits per heavy atom. The fourth-order valence-corrected chi connectivity index (χ4v) is 9.13. The molecule has 5 fully saturated rings. The Balaban J connectivity index is 1.35. The van der Waals surface area contributed by atoms with Crippen molar-refractivity contribution >= 4 is 17.7 Å². The molecule has 3 saturated carbocycles. The van der Waals surface area contributed by atoms with Crippen LogP contribution in [0.1, 0.15) is 70.6 Å². The van der Waals surface area contributed by atoms with Crippen LogP contribution in [0.2, 0.25) is 0 Å². The number of carboxylic acid groups (broad SMARTS) is 1. The number of carboxylic acids is 1. The third kappa shape index (κ3) is 5.79. The topological polar surface area (TPSA) is 89.8 Å². The zero-order valence-electron chi connectivity index (χ0n) is 19.4. The van der Waals surface area contributed by atoms with Crippen molar-refractivity contribution in [3.05, 3.63) is 12.2 Å². The van der Waals surface area contributed by atoms with E-state index in [1.165, 1.54) is 32.1 Å². The molecule has 0 bridgehead atoms. The van der Waals surface area contributed by atoms with Crippen LogP contribution < -0.4 is 5.32 Å². The van der Waals surface area contributed by atoms with Gasteiger partial charge in [-0.3, -0.25) is 4.79 Å². The number of halogens is 1. The molecule has 8 atom stereocenters. The van der Waals surface area contributed by atoms with E-state index in [4.69, 9.17) is 5.11 Å². The van der Waals surface area contributed by atoms with Crippen molar-refractivity contribution in [3.63, 3.8) is 0 Å². The molecule has 7 unspecified atom stereocenters. The van der Waals surface area contributed by atoms with Gasteiger partial charge in [-0.15, -0.1) is 0 Å². The number of nitrogens with one attached hydrogen (secondary N) is 1. The molecular weight excluding hydrogens is 441 g/mol. The molecule has 0 aromatic rings. The van der Waals surface area contributed by atoms with Crippen molar-refractivity contribution in [2.45, 2.75) is 112 Å². The lowest BCUT2D eigenvalue weighted by Crippen LogP contribution is -2.59. The number of aliphatic carboxylic acids is 1. The zero-order valence-corrected chi connectivity index (χ0v) is 20.2. The Morgan fingerprint density at radius 2 is 1.70 bits per heavy atom. The predicted molar refractivity (Wildman–Crippen MR) is 128 cm³/mol. The van der Waals surface area contributed by atoms with Gasteiger partial charge in [-0.25, -0.2) is 4.39 Å². The van der Waals surface area contributed by atoms with E-state index >= 15 is 0 Å². The number of aliphatic hydroxyl groups excluding tert-OH is 2. The van der Waals surface area contributed by atoms with Crippen LogP contribution in [-0.2, 0) is 4.79 Å². The van der Waals surface area contributed by atoms with E-state index in [1.54, 1.807) is 6.08 Å². The molecule has 5 aliphatic rings. The van der Waals surface area contributed by atoms with Crippen LogP contribution >= 0.6 is 11.8 Å². The van der Waals surface area contributed by atoms with Crippen molar-refractivity contribution < 1.29 is 24.5 Å². The minimum absolute atomic E-state index is 0.0409. The van der Waals surface area contributed by atoms with Gasteiger partial charge in [0.25, 0.3) is 0 Å². The van der Waals surface area contributed by atoms with E-state index in [2.05, 4.69) is 23.2 Å². The third-order valence-corrected chi connectivity index (χ3v) is 10.7. The van der Waals surface area contributed by atoms with E-state index < -0.39 is 24.3 Å². The molecule has 0 radical (unpaired) electrons. The number of carbonyl (C=O) groups is 1. The van der Waals surface area contributed by atoms with Crippen molar-refractivity contribution in [3.8, 4) is 0 Å². The quantitative estimate of drug-likeness (QED) is 0.373. The normalized spacial score (nSPS) is 43.4. The molecule has 4 N–H and O–H groups in total. The minimum atomic E-state index is -1.05. The van der Waals surface area contributed by atoms with Crippen LogP contribution in [0.15, 0.2) is 12.2 Å². The Morgan fingerprint density at radius 1 is 1.03 bits per heavy atom. The van der Waals surface area contributed by atoms with Gasteiger partial charge >= 0.3 is 5.97 Å². The van der Waals surface area contributed by atoms with E-state index in [1.807, 2.05) is 0 Å². The van der Waals surface area contributed by atoms with Crippen molar-refractivity contribution in [1.29, 1.82) is 0 Å². The molecule has 33 heavy (non-hydrogen) atoms. The lowest BCUT2D eigenvalue weighted by atomic mass is 9.65. The average molecular weight is 482 g/mol. The monoisotopic (exact) mass is 481 g/mol. The summed E-state index contributed by atoms with van der Waals surface area (Å²) in [7, 11) is 0. The number of aliphatic hydroxyl groups is 2. The summed E-state index contributed by atoms with van der Waals surface area (Å²) < 4.78 is 14.0. The number of hydrogen-bond donors (Lipinski definition) is 4. The minimum Gasteiger partial charge on any atom is -0.481 e. The number of rotatable bonds is 9. The van der Waals surface area contributed by atoms with Gasteiger partial charge in [0.05, 0.1) is 18.6 Å². The number of hydrogen-bond acceptors (Lipinski definition) is 5. The number of fused-ring (bicyclic) bond motifs is 1. The highest BCUT2D eigenvalue weighted by atomic mass is 32.2. The fourth-order valence-electron chi connectivity index (χ4n) is 6.95. The van der Waals surface area contributed by atoms with Gasteiger partial charge in [0.1, 0.15) is 6.17 Å². The Labute approximate surface area is 201 Å². The molecule has 2 heterocycles. The van der Waals surface area contributed by atoms with Gasteiger partial charge < -0.3 is 20.6 Å². The van der Waals surface area contributed by atoms with Crippen molar-refractivity contribution in [2.75, 3.05) is 0 Å². The number of thioether (sulfide) groups is 1. The average Bonchev–Trinajstić information content (AvgIpc) is 3.68. The van der Waals surface area contributed by atoms with Gasteiger partial charge in [0.2, 0.25) is 0 Å². The van der Waals surface area contributed by atoms with Gasteiger partial charge in [0.15, 0.2) is 0 Å². The summed E-state index contributed by atoms with van der Waals surface area (Å²) in [6.45, 7) is 0. The standard InChI is InChI=1S/C26H40FNO4S/c27-17-7-5-15(6-8-17)24-20(10-9-18(29)11-19(30)12-23(31)32)25(16-3-4-16)28-21-13-22(14-1-2-14)33-26(21)24/h9-10,14-22,24-26,28-30H,1-8,11-13H2,(H,31,32)/b10-9+/t15?,17?,18?,19-,20?,21?,22?,24?,25?,26?/m1/s1. The first-order valence-electron chi connectivity index (χ1n) is 13.2. The zero-order chi connectivity index (χ0) is 23.1. The highest BCUT2D eigenvalue weighted by Gasteiger charge is 2.55. The third-order valence-electron chi connectivity index (χ3n) is 8.86. The summed E-state index contributed by atoms with van der Waals surface area (Å²) in [4.78, 5) is 10.9. The van der Waals surface area contributed by atoms with E-state index in [0.29, 0.717) is 53.8 Å². The maximum atomic E-state index is 14.0. The molecule has 0 aromatic heterocycles. The predicted octanol–water partition coefficient (Wildman–Crippen LogP) is 3.92. The number of alkyl halides is 1. The van der Waals surface area contributed by atoms with E-state index in [9.17, 15) is 19.4 Å². The molecule has 2 saturated heterocycles. The van der Waals surface area contributed by atoms with Crippen LogP contribution in [0.5, 0.6) is 0 Å². The van der Waals surface area contributed by atoms with Crippen LogP contribution in [-0.4, -0.2) is 62.3 Å². The summed E-state index contributed by atoms with van der Waals surface area (Å²) in [6.07, 6.45) is 10.9. The molecule has 5 rings (SSSR count). The molecule has 186 valence electrons. The first kappa shape index (κ1) is 24.1. The largest absolute Gasteiger partial charge is 0.481 e. The summed E-state index contributed by atoms with van der Waals surface area (Å²) in [5.74, 6) is 1.84. The summed E-state index contributed by atoms with van der Waals surface area (Å²) >= 11 is 2.20. The SMILES string of the molecule is O=C(O)C[C@H](O)CC(O)/C=C/C1C(C2CC2)NC2CC(C3CC3)SC2C1C1CCC(F)CC1. The lowest BCUT2D eigenvalue weighted by molar-refractivity contribution is -0.139. The molecular formula is C26H40FNO4S. The molecule has 0 spiro atoms. The summed E-state index contributed by atoms with van der Waals surface area (Å²) in [5, 5.41) is 34.7. The highest BCUT2D eigenvalue weighted by molar-refractivity contribution is 8.00. The molecule has 3 aliphatic carbocycles. The highest BCUT2D eigenvalue weighted by Crippen LogP contribution is 2.57. The van der Waals surface area contributed by atoms with E-state index in [-0.39, 0.29) is 12.8 Å². The lowest BCUT2D eigenvalue weighted by Gasteiger charge is -2.49. The number of piperidine rings is 1. The maximum absolute atomic E-state index is 14.0. The fraction of sp³-hybridized carbons (Fsp3) is 0.885. The second-order valence-corrected chi connectivity index (χ2v) is 12.9. The first-order valence-corrected chi connectivity index (χ1v) is 14.1. The Bertz CT molecular complexity index is 721. The van der Waals surface area contributed by atoms with Crippen LogP contribution in [0.25, 0.3) is 0 Å². The van der Waals surface area contributed by atoms with Gasteiger partial charge in [0, 0.05) is 29.0 Å². The maximum Gasteiger partial charge on any atom is 0.305 e. The second kappa shape index (κ2) is 10.2. The summed E-state index contributed by atoms with van der Waals surface area (Å²) in [6, 6.07) is 0.955. The smallest absolute Gasteiger partial charge is 0.305 e. The van der Waals surface area contributed by atoms with Crippen molar-refractivity contribution in [1.82, 2.24) is 5.32 Å².